The van der Waals surface area contributed by atoms with E-state index in [0.717, 1.165) is 32.9 Å². The van der Waals surface area contributed by atoms with Crippen molar-refractivity contribution < 1.29 is 4.79 Å². The minimum atomic E-state index is -0.143. The smallest absolute Gasteiger partial charge is 0.244 e. The number of H-pyrrole nitrogens is 2. The summed E-state index contributed by atoms with van der Waals surface area (Å²) in [5, 5.41) is 6.21. The number of benzene rings is 2. The molecule has 0 fully saturated rings. The van der Waals surface area contributed by atoms with E-state index in [4.69, 9.17) is 0 Å². The molecule has 1 amide bonds. The van der Waals surface area contributed by atoms with Crippen molar-refractivity contribution in [1.82, 2.24) is 15.4 Å². The van der Waals surface area contributed by atoms with Crippen molar-refractivity contribution in [1.29, 1.82) is 0 Å². The zero-order chi connectivity index (χ0) is 16.4. The number of hydrogen-bond acceptors (Lipinski definition) is 2. The molecule has 118 valence electrons. The van der Waals surface area contributed by atoms with Gasteiger partial charge in [-0.05, 0) is 17.7 Å². The fraction of sp³-hybridized carbons (Fsp3) is 0.0526. The van der Waals surface area contributed by atoms with Crippen LogP contribution in [0.1, 0.15) is 11.1 Å². The van der Waals surface area contributed by atoms with Crippen LogP contribution in [0.2, 0.25) is 0 Å². The minimum absolute atomic E-state index is 0.143. The van der Waals surface area contributed by atoms with Gasteiger partial charge in [0.15, 0.2) is 0 Å². The van der Waals surface area contributed by atoms with Gasteiger partial charge in [-0.15, -0.1) is 0 Å². The van der Waals surface area contributed by atoms with Crippen LogP contribution in [0.25, 0.3) is 21.8 Å². The summed E-state index contributed by atoms with van der Waals surface area (Å²) in [6, 6.07) is 15.9. The first-order valence-electron chi connectivity index (χ1n) is 7.74. The fourth-order valence-electron chi connectivity index (χ4n) is 2.86. The molecule has 0 aliphatic rings. The highest BCUT2D eigenvalue weighted by molar-refractivity contribution is 5.99. The first-order valence-corrected chi connectivity index (χ1v) is 7.74. The normalized spacial score (nSPS) is 11.5. The van der Waals surface area contributed by atoms with Gasteiger partial charge in [-0.2, -0.15) is 5.10 Å². The van der Waals surface area contributed by atoms with Crippen LogP contribution >= 0.6 is 0 Å². The number of carbonyl (C=O) groups excluding carboxylic acids is 1. The van der Waals surface area contributed by atoms with Gasteiger partial charge in [0, 0.05) is 39.8 Å². The number of aromatic amines is 2. The lowest BCUT2D eigenvalue weighted by atomic mass is 10.1. The third-order valence-corrected chi connectivity index (χ3v) is 4.04. The Balaban J connectivity index is 1.45. The van der Waals surface area contributed by atoms with Gasteiger partial charge in [-0.25, -0.2) is 5.43 Å². The molecular formula is C19H16N4O. The van der Waals surface area contributed by atoms with Gasteiger partial charge in [0.1, 0.15) is 0 Å². The topological polar surface area (TPSA) is 73.0 Å². The summed E-state index contributed by atoms with van der Waals surface area (Å²) in [5.74, 6) is -0.143. The van der Waals surface area contributed by atoms with Crippen LogP contribution in [0.15, 0.2) is 66.0 Å². The van der Waals surface area contributed by atoms with E-state index in [1.54, 1.807) is 6.21 Å². The molecule has 5 heteroatoms. The Labute approximate surface area is 138 Å². The number of nitrogens with one attached hydrogen (secondary N) is 3. The Morgan fingerprint density at radius 2 is 1.62 bits per heavy atom. The molecule has 3 N–H and O–H groups in total. The number of carbonyl (C=O) groups is 1. The highest BCUT2D eigenvalue weighted by Crippen LogP contribution is 2.18. The Kier molecular flexibility index (Phi) is 3.59. The second-order valence-corrected chi connectivity index (χ2v) is 5.62. The maximum absolute atomic E-state index is 12.1. The van der Waals surface area contributed by atoms with E-state index in [1.807, 2.05) is 60.9 Å². The zero-order valence-electron chi connectivity index (χ0n) is 12.9. The van der Waals surface area contributed by atoms with Crippen molar-refractivity contribution in [3.8, 4) is 0 Å². The summed E-state index contributed by atoms with van der Waals surface area (Å²) in [4.78, 5) is 18.4. The van der Waals surface area contributed by atoms with Crippen LogP contribution in [0, 0.1) is 0 Å². The molecule has 0 radical (unpaired) electrons. The molecule has 0 unspecified atom stereocenters. The van der Waals surface area contributed by atoms with E-state index >= 15 is 0 Å². The van der Waals surface area contributed by atoms with Crippen molar-refractivity contribution in [3.05, 3.63) is 72.1 Å². The van der Waals surface area contributed by atoms with Gasteiger partial charge in [0.05, 0.1) is 12.6 Å². The number of hydrogen-bond donors (Lipinski definition) is 3. The summed E-state index contributed by atoms with van der Waals surface area (Å²) in [5.41, 5.74) is 6.57. The first-order chi connectivity index (χ1) is 11.8. The number of amides is 1. The standard InChI is InChI=1S/C19H16N4O/c24-19(9-13-10-20-17-7-3-1-5-15(13)17)23-22-12-14-11-21-18-8-4-2-6-16(14)18/h1-8,10-12,20-21H,9H2,(H,23,24). The van der Waals surface area contributed by atoms with E-state index in [1.165, 1.54) is 0 Å². The molecule has 0 saturated heterocycles. The van der Waals surface area contributed by atoms with Crippen LogP contribution in [0.5, 0.6) is 0 Å². The van der Waals surface area contributed by atoms with E-state index in [2.05, 4.69) is 20.5 Å². The van der Waals surface area contributed by atoms with E-state index in [0.29, 0.717) is 0 Å². The predicted octanol–water partition coefficient (Wildman–Crippen LogP) is 3.34. The van der Waals surface area contributed by atoms with Gasteiger partial charge >= 0.3 is 0 Å². The van der Waals surface area contributed by atoms with Crippen molar-refractivity contribution in [2.45, 2.75) is 6.42 Å². The third kappa shape index (κ3) is 2.67. The first kappa shape index (κ1) is 14.3. The van der Waals surface area contributed by atoms with Gasteiger partial charge < -0.3 is 9.97 Å². The second-order valence-electron chi connectivity index (χ2n) is 5.62. The van der Waals surface area contributed by atoms with E-state index < -0.39 is 0 Å². The molecule has 4 rings (SSSR count). The molecule has 0 saturated carbocycles. The number of hydrazone groups is 1. The quantitative estimate of drug-likeness (QED) is 0.392. The molecule has 2 heterocycles. The molecule has 0 atom stereocenters. The predicted molar refractivity (Wildman–Crippen MR) is 96.0 cm³/mol. The number of aromatic nitrogens is 2. The summed E-state index contributed by atoms with van der Waals surface area (Å²) in [6.07, 6.45) is 5.69. The highest BCUT2D eigenvalue weighted by atomic mass is 16.2. The number of nitrogens with zero attached hydrogens (tertiary/aromatic N) is 1. The summed E-state index contributed by atoms with van der Waals surface area (Å²) in [6.45, 7) is 0. The number of rotatable bonds is 4. The molecule has 0 aliphatic heterocycles. The summed E-state index contributed by atoms with van der Waals surface area (Å²) in [7, 11) is 0. The largest absolute Gasteiger partial charge is 0.361 e. The molecule has 2 aromatic carbocycles. The molecule has 24 heavy (non-hydrogen) atoms. The van der Waals surface area contributed by atoms with Gasteiger partial charge in [-0.3, -0.25) is 4.79 Å². The average molecular weight is 316 g/mol. The lowest BCUT2D eigenvalue weighted by Crippen LogP contribution is -2.19. The van der Waals surface area contributed by atoms with Gasteiger partial charge in [0.2, 0.25) is 5.91 Å². The third-order valence-electron chi connectivity index (χ3n) is 4.04. The molecule has 4 aromatic rings. The highest BCUT2D eigenvalue weighted by Gasteiger charge is 2.07. The van der Waals surface area contributed by atoms with E-state index in [-0.39, 0.29) is 12.3 Å². The van der Waals surface area contributed by atoms with E-state index in [9.17, 15) is 4.79 Å². The van der Waals surface area contributed by atoms with Crippen LogP contribution in [0.4, 0.5) is 0 Å². The average Bonchev–Trinajstić information content (AvgIpc) is 3.20. The minimum Gasteiger partial charge on any atom is -0.361 e. The molecular weight excluding hydrogens is 300 g/mol. The fourth-order valence-corrected chi connectivity index (χ4v) is 2.86. The molecule has 0 aliphatic carbocycles. The van der Waals surface area contributed by atoms with Crippen LogP contribution in [-0.2, 0) is 11.2 Å². The lowest BCUT2D eigenvalue weighted by molar-refractivity contribution is -0.120. The van der Waals surface area contributed by atoms with Crippen molar-refractivity contribution in [3.63, 3.8) is 0 Å². The Morgan fingerprint density at radius 3 is 2.46 bits per heavy atom. The van der Waals surface area contributed by atoms with Gasteiger partial charge in [-0.1, -0.05) is 36.4 Å². The van der Waals surface area contributed by atoms with Crippen LogP contribution in [0.3, 0.4) is 0 Å². The van der Waals surface area contributed by atoms with Crippen molar-refractivity contribution >= 4 is 33.9 Å². The molecule has 0 spiro atoms. The Hall–Kier alpha value is -3.34. The zero-order valence-corrected chi connectivity index (χ0v) is 12.9. The Bertz CT molecular complexity index is 1040. The molecule has 0 bridgehead atoms. The van der Waals surface area contributed by atoms with Crippen molar-refractivity contribution in [2.75, 3.05) is 0 Å². The molecule has 5 nitrogen and oxygen atoms in total. The van der Waals surface area contributed by atoms with Crippen LogP contribution < -0.4 is 5.43 Å². The number of fused-ring (bicyclic) bond motifs is 2. The summed E-state index contributed by atoms with van der Waals surface area (Å²) >= 11 is 0. The monoisotopic (exact) mass is 316 g/mol. The van der Waals surface area contributed by atoms with Gasteiger partial charge in [0.25, 0.3) is 0 Å². The van der Waals surface area contributed by atoms with Crippen LogP contribution in [-0.4, -0.2) is 22.1 Å². The molecule has 2 aromatic heterocycles. The number of para-hydroxylation sites is 2. The lowest BCUT2D eigenvalue weighted by Gasteiger charge is -1.99. The summed E-state index contributed by atoms with van der Waals surface area (Å²) < 4.78 is 0. The Morgan fingerprint density at radius 1 is 0.958 bits per heavy atom. The SMILES string of the molecule is O=C(Cc1c[nH]c2ccccc12)NN=Cc1c[nH]c2ccccc12. The maximum Gasteiger partial charge on any atom is 0.244 e. The second kappa shape index (κ2) is 6.04. The maximum atomic E-state index is 12.1. The van der Waals surface area contributed by atoms with Crippen molar-refractivity contribution in [2.24, 2.45) is 5.10 Å².